The highest BCUT2D eigenvalue weighted by atomic mass is 35.5. The summed E-state index contributed by atoms with van der Waals surface area (Å²) in [6.45, 7) is 1.79. The van der Waals surface area contributed by atoms with Gasteiger partial charge in [0.25, 0.3) is 0 Å². The number of aliphatic hydroxyl groups excluding tert-OH is 1. The van der Waals surface area contributed by atoms with E-state index in [1.807, 2.05) is 24.3 Å². The number of hydrogen-bond acceptors (Lipinski definition) is 6. The first-order valence-electron chi connectivity index (χ1n) is 10.6. The van der Waals surface area contributed by atoms with Gasteiger partial charge in [0.1, 0.15) is 5.82 Å². The van der Waals surface area contributed by atoms with E-state index in [0.717, 1.165) is 61.3 Å². The summed E-state index contributed by atoms with van der Waals surface area (Å²) >= 11 is 6.45. The Morgan fingerprint density at radius 3 is 2.87 bits per heavy atom. The third-order valence-electron chi connectivity index (χ3n) is 6.24. The van der Waals surface area contributed by atoms with E-state index < -0.39 is 5.41 Å². The van der Waals surface area contributed by atoms with E-state index in [1.165, 1.54) is 0 Å². The molecule has 2 aromatic heterocycles. The summed E-state index contributed by atoms with van der Waals surface area (Å²) in [5, 5.41) is 23.3. The number of anilines is 1. The summed E-state index contributed by atoms with van der Waals surface area (Å²) < 4.78 is 5.40. The van der Waals surface area contributed by atoms with Crippen molar-refractivity contribution in [2.75, 3.05) is 25.1 Å². The third kappa shape index (κ3) is 4.92. The van der Waals surface area contributed by atoms with Gasteiger partial charge in [-0.05, 0) is 62.6 Å². The number of hydrogen-bond donors (Lipinski definition) is 2. The lowest BCUT2D eigenvalue weighted by Gasteiger charge is -2.30. The van der Waals surface area contributed by atoms with Crippen molar-refractivity contribution in [1.82, 2.24) is 9.97 Å². The molecule has 2 aromatic rings. The second-order valence-electron chi connectivity index (χ2n) is 8.46. The van der Waals surface area contributed by atoms with Crippen LogP contribution in [0, 0.1) is 22.7 Å². The number of halogens is 1. The van der Waals surface area contributed by atoms with Crippen molar-refractivity contribution >= 4 is 17.4 Å². The van der Waals surface area contributed by atoms with Crippen LogP contribution in [0.1, 0.15) is 37.8 Å². The van der Waals surface area contributed by atoms with E-state index in [1.54, 1.807) is 6.20 Å². The first kappa shape index (κ1) is 21.0. The molecule has 0 aromatic carbocycles. The molecule has 2 fully saturated rings. The molecule has 0 radical (unpaired) electrons. The lowest BCUT2D eigenvalue weighted by Crippen LogP contribution is -2.34. The van der Waals surface area contributed by atoms with E-state index in [0.29, 0.717) is 30.7 Å². The molecule has 158 valence electrons. The Balaban J connectivity index is 1.49. The van der Waals surface area contributed by atoms with Crippen molar-refractivity contribution in [2.45, 2.75) is 44.6 Å². The molecule has 30 heavy (non-hydrogen) atoms. The fourth-order valence-electron chi connectivity index (χ4n) is 4.35. The first-order valence-corrected chi connectivity index (χ1v) is 11.0. The standard InChI is InChI=1S/C23H27ClN4O2/c24-20-13-26-17(10-16-4-5-18(29)11-16)12-19(20)21-2-1-3-22(28-21)27-15-23(14-25)6-8-30-9-7-23/h1-3,12-13,16,18,29H,4-11,15H2,(H,27,28)/t16-,18-/m1/s1. The average Bonchev–Trinajstić information content (AvgIpc) is 3.19. The summed E-state index contributed by atoms with van der Waals surface area (Å²) in [6.07, 6.45) is 6.54. The van der Waals surface area contributed by atoms with Crippen LogP contribution in [-0.2, 0) is 11.2 Å². The summed E-state index contributed by atoms with van der Waals surface area (Å²) in [4.78, 5) is 9.22. The molecular weight excluding hydrogens is 400 g/mol. The monoisotopic (exact) mass is 426 g/mol. The van der Waals surface area contributed by atoms with Gasteiger partial charge in [-0.3, -0.25) is 4.98 Å². The molecule has 0 unspecified atom stereocenters. The molecule has 2 atom stereocenters. The third-order valence-corrected chi connectivity index (χ3v) is 6.54. The zero-order chi connectivity index (χ0) is 21.0. The minimum absolute atomic E-state index is 0.182. The summed E-state index contributed by atoms with van der Waals surface area (Å²) in [6, 6.07) is 10.3. The van der Waals surface area contributed by atoms with E-state index >= 15 is 0 Å². The highest BCUT2D eigenvalue weighted by Crippen LogP contribution is 2.33. The maximum absolute atomic E-state index is 9.78. The van der Waals surface area contributed by atoms with Crippen molar-refractivity contribution in [2.24, 2.45) is 11.3 Å². The van der Waals surface area contributed by atoms with Crippen LogP contribution in [0.15, 0.2) is 30.5 Å². The van der Waals surface area contributed by atoms with Gasteiger partial charge in [-0.25, -0.2) is 4.98 Å². The van der Waals surface area contributed by atoms with Gasteiger partial charge >= 0.3 is 0 Å². The fraction of sp³-hybridized carbons (Fsp3) is 0.522. The van der Waals surface area contributed by atoms with E-state index in [9.17, 15) is 10.4 Å². The van der Waals surface area contributed by atoms with Crippen LogP contribution in [0.25, 0.3) is 11.3 Å². The van der Waals surface area contributed by atoms with Gasteiger partial charge in [0.2, 0.25) is 0 Å². The Morgan fingerprint density at radius 2 is 2.13 bits per heavy atom. The minimum Gasteiger partial charge on any atom is -0.393 e. The molecular formula is C23H27ClN4O2. The number of pyridine rings is 2. The molecule has 1 aliphatic heterocycles. The molecule has 0 amide bonds. The van der Waals surface area contributed by atoms with E-state index in [2.05, 4.69) is 16.4 Å². The maximum atomic E-state index is 9.78. The van der Waals surface area contributed by atoms with Crippen molar-refractivity contribution in [3.05, 3.63) is 41.2 Å². The van der Waals surface area contributed by atoms with Crippen molar-refractivity contribution < 1.29 is 9.84 Å². The zero-order valence-corrected chi connectivity index (χ0v) is 17.7. The number of nitrogens with one attached hydrogen (secondary N) is 1. The van der Waals surface area contributed by atoms with Crippen LogP contribution >= 0.6 is 11.6 Å². The quantitative estimate of drug-likeness (QED) is 0.718. The van der Waals surface area contributed by atoms with Crippen LogP contribution in [0.2, 0.25) is 5.02 Å². The average molecular weight is 427 g/mol. The highest BCUT2D eigenvalue weighted by molar-refractivity contribution is 6.33. The normalized spacial score (nSPS) is 23.1. The molecule has 3 heterocycles. The summed E-state index contributed by atoms with van der Waals surface area (Å²) in [7, 11) is 0. The van der Waals surface area contributed by atoms with Crippen LogP contribution in [-0.4, -0.2) is 40.9 Å². The highest BCUT2D eigenvalue weighted by Gasteiger charge is 2.32. The number of nitrogens with zero attached hydrogens (tertiary/aromatic N) is 3. The largest absolute Gasteiger partial charge is 0.393 e. The molecule has 6 nitrogen and oxygen atoms in total. The van der Waals surface area contributed by atoms with Gasteiger partial charge in [-0.2, -0.15) is 5.26 Å². The van der Waals surface area contributed by atoms with Gasteiger partial charge in [0.15, 0.2) is 0 Å². The van der Waals surface area contributed by atoms with Crippen molar-refractivity contribution in [1.29, 1.82) is 5.26 Å². The van der Waals surface area contributed by atoms with Crippen LogP contribution < -0.4 is 5.32 Å². The van der Waals surface area contributed by atoms with Gasteiger partial charge < -0.3 is 15.2 Å². The van der Waals surface area contributed by atoms with Crippen LogP contribution in [0.5, 0.6) is 0 Å². The second kappa shape index (κ2) is 9.30. The molecule has 1 aliphatic carbocycles. The number of aliphatic hydroxyl groups is 1. The summed E-state index contributed by atoms with van der Waals surface area (Å²) in [5.74, 6) is 1.19. The molecule has 1 saturated heterocycles. The smallest absolute Gasteiger partial charge is 0.126 e. The Morgan fingerprint density at radius 1 is 1.30 bits per heavy atom. The second-order valence-corrected chi connectivity index (χ2v) is 8.87. The van der Waals surface area contributed by atoms with Gasteiger partial charge in [-0.15, -0.1) is 0 Å². The number of ether oxygens (including phenoxy) is 1. The van der Waals surface area contributed by atoms with Gasteiger partial charge in [-0.1, -0.05) is 17.7 Å². The fourth-order valence-corrected chi connectivity index (χ4v) is 4.55. The van der Waals surface area contributed by atoms with Gasteiger partial charge in [0.05, 0.1) is 28.3 Å². The molecule has 7 heteroatoms. The lowest BCUT2D eigenvalue weighted by atomic mass is 9.82. The topological polar surface area (TPSA) is 91.1 Å². The number of nitriles is 1. The number of aromatic nitrogens is 2. The predicted octanol–water partition coefficient (Wildman–Crippen LogP) is 4.23. The van der Waals surface area contributed by atoms with Crippen molar-refractivity contribution in [3.8, 4) is 17.3 Å². The SMILES string of the molecule is N#CC1(CNc2cccc(-c3cc(C[C@H]4CC[C@@H](O)C4)ncc3Cl)n2)CCOCC1. The molecule has 0 bridgehead atoms. The Hall–Kier alpha value is -2.20. The number of rotatable bonds is 6. The Labute approximate surface area is 182 Å². The predicted molar refractivity (Wildman–Crippen MR) is 116 cm³/mol. The van der Waals surface area contributed by atoms with Crippen LogP contribution in [0.4, 0.5) is 5.82 Å². The van der Waals surface area contributed by atoms with Crippen LogP contribution in [0.3, 0.4) is 0 Å². The zero-order valence-electron chi connectivity index (χ0n) is 17.0. The van der Waals surface area contributed by atoms with E-state index in [-0.39, 0.29) is 6.10 Å². The first-order chi connectivity index (χ1) is 14.6. The molecule has 2 aliphatic rings. The maximum Gasteiger partial charge on any atom is 0.126 e. The minimum atomic E-state index is -0.413. The Kier molecular flexibility index (Phi) is 6.52. The molecule has 4 rings (SSSR count). The van der Waals surface area contributed by atoms with Crippen molar-refractivity contribution in [3.63, 3.8) is 0 Å². The molecule has 2 N–H and O–H groups in total. The van der Waals surface area contributed by atoms with E-state index in [4.69, 9.17) is 21.3 Å². The summed E-state index contributed by atoms with van der Waals surface area (Å²) in [5.41, 5.74) is 2.19. The van der Waals surface area contributed by atoms with Gasteiger partial charge in [0, 0.05) is 37.2 Å². The Bertz CT molecular complexity index is 924. The lowest BCUT2D eigenvalue weighted by molar-refractivity contribution is 0.0455. The molecule has 1 saturated carbocycles. The molecule has 0 spiro atoms.